The van der Waals surface area contributed by atoms with E-state index in [1.165, 1.54) is 0 Å². The summed E-state index contributed by atoms with van der Waals surface area (Å²) in [7, 11) is 0. The molecule has 0 spiro atoms. The smallest absolute Gasteiger partial charge is 0.433 e. The number of hydrogen-bond acceptors (Lipinski definition) is 10. The van der Waals surface area contributed by atoms with Crippen LogP contribution in [0.25, 0.3) is 0 Å². The summed E-state index contributed by atoms with van der Waals surface area (Å²) in [4.78, 5) is 38.8. The van der Waals surface area contributed by atoms with E-state index in [9.17, 15) is 9.59 Å². The number of carbonyl (C=O) groups is 2. The maximum Gasteiger partial charge on any atom is 0.510 e. The standard InChI is InChI=1S/C14H21ClN2O3.C8H12N2O.C6H10Cl2O2/c1-8-9(2)17-11(10(3)16-8)7-19-13(18)20-12(15)14(4,5)6;1-5-6(2)10-8(4-11)7(3)9-5;1-6(2,3)4(7)10-5(8)9/h12H,7H2,1-6H3;11H,4H2,1-3H3;4H,1-3H3. The van der Waals surface area contributed by atoms with Gasteiger partial charge < -0.3 is 19.3 Å². The second-order valence-corrected chi connectivity index (χ2v) is 12.5. The van der Waals surface area contributed by atoms with E-state index >= 15 is 0 Å². The van der Waals surface area contributed by atoms with E-state index in [1.807, 2.05) is 83.1 Å². The number of aromatic nitrogens is 4. The molecule has 2 atom stereocenters. The van der Waals surface area contributed by atoms with Crippen LogP contribution in [0.3, 0.4) is 0 Å². The molecule has 2 heterocycles. The predicted molar refractivity (Wildman–Crippen MR) is 160 cm³/mol. The highest BCUT2D eigenvalue weighted by molar-refractivity contribution is 6.61. The predicted octanol–water partition coefficient (Wildman–Crippen LogP) is 7.53. The van der Waals surface area contributed by atoms with Crippen molar-refractivity contribution in [3.63, 3.8) is 0 Å². The van der Waals surface area contributed by atoms with Crippen molar-refractivity contribution in [2.75, 3.05) is 0 Å². The maximum atomic E-state index is 11.6. The summed E-state index contributed by atoms with van der Waals surface area (Å²) in [5.41, 5.74) is 3.43. The molecule has 0 saturated heterocycles. The Kier molecular flexibility index (Phi) is 16.1. The lowest BCUT2D eigenvalue weighted by Crippen LogP contribution is -2.27. The summed E-state index contributed by atoms with van der Waals surface area (Å²) in [6.07, 6.45) is -0.806. The van der Waals surface area contributed by atoms with Gasteiger partial charge in [0.05, 0.1) is 52.2 Å². The lowest BCUT2D eigenvalue weighted by atomic mass is 9.98. The van der Waals surface area contributed by atoms with Gasteiger partial charge in [0.1, 0.15) is 6.61 Å². The first kappa shape index (κ1) is 38.7. The molecule has 1 N–H and O–H groups in total. The van der Waals surface area contributed by atoms with Crippen molar-refractivity contribution in [2.45, 2.75) is 107 Å². The van der Waals surface area contributed by atoms with Gasteiger partial charge in [-0.15, -0.1) is 0 Å². The molecule has 0 aliphatic carbocycles. The highest BCUT2D eigenvalue weighted by atomic mass is 35.5. The molecule has 232 valence electrons. The minimum absolute atomic E-state index is 0.0204. The van der Waals surface area contributed by atoms with Crippen LogP contribution in [0.1, 0.15) is 87.1 Å². The van der Waals surface area contributed by atoms with Gasteiger partial charge in [-0.3, -0.25) is 19.9 Å². The van der Waals surface area contributed by atoms with Crippen LogP contribution in [0.4, 0.5) is 9.59 Å². The Bertz CT molecular complexity index is 1170. The van der Waals surface area contributed by atoms with Crippen LogP contribution in [0.2, 0.25) is 0 Å². The minimum atomic E-state index is -0.866. The quantitative estimate of drug-likeness (QED) is 0.199. The second-order valence-electron chi connectivity index (χ2n) is 11.4. The number of ether oxygens (including phenoxy) is 3. The van der Waals surface area contributed by atoms with Crippen molar-refractivity contribution in [1.82, 2.24) is 19.9 Å². The van der Waals surface area contributed by atoms with Gasteiger partial charge in [-0.1, -0.05) is 64.7 Å². The van der Waals surface area contributed by atoms with E-state index in [1.54, 1.807) is 0 Å². The van der Waals surface area contributed by atoms with Gasteiger partial charge in [0.25, 0.3) is 0 Å². The van der Waals surface area contributed by atoms with Gasteiger partial charge >= 0.3 is 11.6 Å². The Morgan fingerprint density at radius 2 is 1.05 bits per heavy atom. The summed E-state index contributed by atoms with van der Waals surface area (Å²) in [5.74, 6) is 0. The minimum Gasteiger partial charge on any atom is -0.433 e. The van der Waals surface area contributed by atoms with Gasteiger partial charge in [0.15, 0.2) is 11.1 Å². The summed E-state index contributed by atoms with van der Waals surface area (Å²) >= 11 is 16.5. The number of carbonyl (C=O) groups excluding carboxylic acids is 2. The molecule has 0 saturated carbocycles. The summed E-state index contributed by atoms with van der Waals surface area (Å²) in [5, 5.41) is 8.83. The average Bonchev–Trinajstić information content (AvgIpc) is 2.82. The molecule has 0 aliphatic rings. The number of rotatable bonds is 5. The first-order valence-corrected chi connectivity index (χ1v) is 14.0. The Labute approximate surface area is 258 Å². The number of nitrogens with zero attached hydrogens (tertiary/aromatic N) is 4. The number of aryl methyl sites for hydroxylation is 6. The van der Waals surface area contributed by atoms with Crippen molar-refractivity contribution < 1.29 is 28.9 Å². The second kappa shape index (κ2) is 17.0. The lowest BCUT2D eigenvalue weighted by Gasteiger charge is -2.24. The Hall–Kier alpha value is -2.27. The molecule has 0 bridgehead atoms. The topological polar surface area (TPSA) is 134 Å². The normalized spacial score (nSPS) is 12.6. The largest absolute Gasteiger partial charge is 0.510 e. The van der Waals surface area contributed by atoms with Crippen LogP contribution in [0.5, 0.6) is 0 Å². The summed E-state index contributed by atoms with van der Waals surface area (Å²) < 4.78 is 14.5. The lowest BCUT2D eigenvalue weighted by molar-refractivity contribution is 0.0122. The van der Waals surface area contributed by atoms with E-state index < -0.39 is 22.7 Å². The Morgan fingerprint density at radius 3 is 1.41 bits per heavy atom. The van der Waals surface area contributed by atoms with Gasteiger partial charge in [0, 0.05) is 22.4 Å². The molecule has 0 amide bonds. The molecule has 0 aromatic carbocycles. The van der Waals surface area contributed by atoms with Crippen molar-refractivity contribution in [1.29, 1.82) is 0 Å². The van der Waals surface area contributed by atoms with Crippen LogP contribution in [0.15, 0.2) is 0 Å². The third-order valence-electron chi connectivity index (χ3n) is 5.39. The number of halogens is 3. The third-order valence-corrected chi connectivity index (χ3v) is 6.97. The van der Waals surface area contributed by atoms with Gasteiger partial charge in [-0.2, -0.15) is 0 Å². The van der Waals surface area contributed by atoms with Crippen LogP contribution in [0, 0.1) is 52.4 Å². The molecule has 2 aromatic rings. The van der Waals surface area contributed by atoms with Crippen molar-refractivity contribution in [3.8, 4) is 0 Å². The molecule has 2 rings (SSSR count). The van der Waals surface area contributed by atoms with Crippen LogP contribution >= 0.6 is 34.8 Å². The average molecular weight is 638 g/mol. The fourth-order valence-corrected chi connectivity index (χ4v) is 2.78. The first-order valence-electron chi connectivity index (χ1n) is 12.8. The molecule has 0 radical (unpaired) electrons. The zero-order valence-corrected chi connectivity index (χ0v) is 28.2. The number of aliphatic hydroxyl groups is 1. The van der Waals surface area contributed by atoms with E-state index in [0.717, 1.165) is 34.2 Å². The van der Waals surface area contributed by atoms with E-state index in [2.05, 4.69) is 24.7 Å². The van der Waals surface area contributed by atoms with Gasteiger partial charge in [-0.25, -0.2) is 9.59 Å². The van der Waals surface area contributed by atoms with Crippen molar-refractivity contribution in [2.24, 2.45) is 10.8 Å². The summed E-state index contributed by atoms with van der Waals surface area (Å²) in [6, 6.07) is 0. The fraction of sp³-hybridized carbons (Fsp3) is 0.643. The molecule has 0 fully saturated rings. The monoisotopic (exact) mass is 636 g/mol. The van der Waals surface area contributed by atoms with E-state index in [4.69, 9.17) is 49.4 Å². The zero-order chi connectivity index (χ0) is 32.3. The Morgan fingerprint density at radius 1 is 0.683 bits per heavy atom. The molecular weight excluding hydrogens is 595 g/mol. The van der Waals surface area contributed by atoms with Gasteiger partial charge in [-0.05, 0) is 41.5 Å². The van der Waals surface area contributed by atoms with E-state index in [-0.39, 0.29) is 24.0 Å². The number of hydrogen-bond donors (Lipinski definition) is 1. The highest BCUT2D eigenvalue weighted by Crippen LogP contribution is 2.26. The third kappa shape index (κ3) is 15.0. The highest BCUT2D eigenvalue weighted by Gasteiger charge is 2.27. The van der Waals surface area contributed by atoms with Gasteiger partial charge in [0.2, 0.25) is 0 Å². The van der Waals surface area contributed by atoms with Crippen LogP contribution in [-0.4, -0.2) is 47.8 Å². The molecule has 2 aromatic heterocycles. The van der Waals surface area contributed by atoms with Crippen LogP contribution < -0.4 is 0 Å². The molecule has 2 unspecified atom stereocenters. The summed E-state index contributed by atoms with van der Waals surface area (Å²) in [6.45, 7) is 22.4. The number of alkyl halides is 2. The molecule has 0 aliphatic heterocycles. The maximum absolute atomic E-state index is 11.6. The Balaban J connectivity index is 0.000000644. The first-order chi connectivity index (χ1) is 18.6. The molecular formula is C28H43Cl3N4O6. The molecule has 41 heavy (non-hydrogen) atoms. The van der Waals surface area contributed by atoms with E-state index in [0.29, 0.717) is 11.4 Å². The molecule has 10 nitrogen and oxygen atoms in total. The van der Waals surface area contributed by atoms with Crippen molar-refractivity contribution in [3.05, 3.63) is 45.6 Å². The SMILES string of the molecule is CC(C)(C)C(Cl)OC(=O)Cl.Cc1nc(C)c(CO)nc1C.Cc1nc(C)c(COC(=O)OC(Cl)C(C)(C)C)nc1C. The molecule has 13 heteroatoms. The fourth-order valence-electron chi connectivity index (χ4n) is 2.49. The van der Waals surface area contributed by atoms with Crippen molar-refractivity contribution >= 4 is 46.4 Å². The number of aliphatic hydroxyl groups excluding tert-OH is 1. The zero-order valence-electron chi connectivity index (χ0n) is 26.0. The van der Waals surface area contributed by atoms with Crippen LogP contribution in [-0.2, 0) is 27.4 Å².